The summed E-state index contributed by atoms with van der Waals surface area (Å²) >= 11 is 0. The maximum Gasteiger partial charge on any atom is 0.252 e. The second-order valence-corrected chi connectivity index (χ2v) is 28.1. The first-order valence-electron chi connectivity index (χ1n) is 28.5. The summed E-state index contributed by atoms with van der Waals surface area (Å²) < 4.78 is 7.30. The van der Waals surface area contributed by atoms with E-state index in [1.807, 2.05) is 0 Å². The molecule has 0 atom stereocenters. The van der Waals surface area contributed by atoms with Gasteiger partial charge < -0.3 is 19.1 Å². The first kappa shape index (κ1) is 49.6. The lowest BCUT2D eigenvalue weighted by atomic mass is 9.33. The number of hydrogen-bond donors (Lipinski definition) is 0. The van der Waals surface area contributed by atoms with Crippen LogP contribution in [-0.2, 0) is 32.5 Å². The predicted octanol–water partition coefficient (Wildman–Crippen LogP) is 18.3. The monoisotopic (exact) mass is 1010 g/mol. The lowest BCUT2D eigenvalue weighted by Crippen LogP contribution is -2.61. The summed E-state index contributed by atoms with van der Waals surface area (Å²) in [5.41, 5.74) is 26.0. The molecule has 0 spiro atoms. The summed E-state index contributed by atoms with van der Waals surface area (Å²) in [5.74, 6) is 0. The number of hydrogen-bond acceptors (Lipinski definition) is 4. The molecule has 9 aromatic rings. The SMILES string of the molecule is Cc1cc2c(cc1N1c3cc4c(cc3B3c5ccc(N(c6ccccc6)c6ccccc6)cc5N(c5ccc(C(C)(C)C)c6c5oc5ccccc56)c5cc(C(C)(C)C)cc1c53)C(C)(C)CC4(C)C)C(C)(C)CCC2(C)C. The Bertz CT molecular complexity index is 3860. The van der Waals surface area contributed by atoms with Crippen LogP contribution in [0.5, 0.6) is 0 Å². The van der Waals surface area contributed by atoms with Gasteiger partial charge in [-0.15, -0.1) is 0 Å². The Balaban J connectivity index is 1.19. The van der Waals surface area contributed by atoms with Gasteiger partial charge in [0.2, 0.25) is 0 Å². The molecule has 0 unspecified atom stereocenters. The third-order valence-corrected chi connectivity index (χ3v) is 18.7. The molecule has 8 aromatic carbocycles. The van der Waals surface area contributed by atoms with Crippen molar-refractivity contribution in [1.82, 2.24) is 0 Å². The standard InChI is InChI=1S/C72H76BN3O/c1-44-36-51-53(70(10,11)35-34-69(51,8)9)41-58(44)76-60-42-54-52(71(12,13)43-72(54,14)15)40-56(60)73-55-32-30-48(74(46-24-18-16-19-25-46)47-26-20-17-21-27-47)39-59(55)75(61-37-45(67(2,3)4)38-62(76)65(61)73)57-33-31-50(68(5,6)7)64-49-28-22-23-29-63(49)77-66(57)64/h16-33,36-42H,34-35,43H2,1-15H3. The van der Waals surface area contributed by atoms with Crippen molar-refractivity contribution in [3.05, 3.63) is 191 Å². The predicted molar refractivity (Wildman–Crippen MR) is 331 cm³/mol. The van der Waals surface area contributed by atoms with E-state index in [2.05, 4.69) is 270 Å². The number of anilines is 9. The van der Waals surface area contributed by atoms with Crippen LogP contribution < -0.4 is 31.1 Å². The largest absolute Gasteiger partial charge is 0.454 e. The molecule has 77 heavy (non-hydrogen) atoms. The fraction of sp³-hybridized carbons (Fsp3) is 0.333. The third-order valence-electron chi connectivity index (χ3n) is 18.7. The second-order valence-electron chi connectivity index (χ2n) is 28.1. The molecule has 0 fully saturated rings. The highest BCUT2D eigenvalue weighted by Gasteiger charge is 2.50. The summed E-state index contributed by atoms with van der Waals surface area (Å²) in [4.78, 5) is 7.77. The van der Waals surface area contributed by atoms with E-state index in [-0.39, 0.29) is 39.2 Å². The molecule has 0 saturated carbocycles. The van der Waals surface area contributed by atoms with E-state index in [1.165, 1.54) is 89.9 Å². The number of aryl methyl sites for hydroxylation is 1. The van der Waals surface area contributed by atoms with E-state index < -0.39 is 0 Å². The molecule has 0 amide bonds. The van der Waals surface area contributed by atoms with Crippen LogP contribution in [0.25, 0.3) is 21.9 Å². The smallest absolute Gasteiger partial charge is 0.252 e. The van der Waals surface area contributed by atoms with Crippen LogP contribution in [0, 0.1) is 6.92 Å². The number of nitrogens with zero attached hydrogens (tertiary/aromatic N) is 3. The van der Waals surface area contributed by atoms with Gasteiger partial charge in [-0.3, -0.25) is 0 Å². The fourth-order valence-electron chi connectivity index (χ4n) is 14.7. The number of furan rings is 1. The molecular weight excluding hydrogens is 934 g/mol. The Morgan fingerprint density at radius 2 is 1.00 bits per heavy atom. The molecule has 0 radical (unpaired) electrons. The van der Waals surface area contributed by atoms with Crippen molar-refractivity contribution in [2.75, 3.05) is 14.7 Å². The summed E-state index contributed by atoms with van der Waals surface area (Å²) in [5, 5.41) is 2.33. The zero-order chi connectivity index (χ0) is 54.1. The summed E-state index contributed by atoms with van der Waals surface area (Å²) in [6, 6.07) is 58.1. The van der Waals surface area contributed by atoms with Crippen molar-refractivity contribution in [3.63, 3.8) is 0 Å². The van der Waals surface area contributed by atoms with Crippen LogP contribution >= 0.6 is 0 Å². The van der Waals surface area contributed by atoms with Crippen molar-refractivity contribution < 1.29 is 4.42 Å². The van der Waals surface area contributed by atoms with E-state index in [0.29, 0.717) is 0 Å². The van der Waals surface area contributed by atoms with Gasteiger partial charge >= 0.3 is 0 Å². The van der Waals surface area contributed by atoms with E-state index >= 15 is 0 Å². The molecule has 4 nitrogen and oxygen atoms in total. The van der Waals surface area contributed by atoms with Gasteiger partial charge in [-0.1, -0.05) is 176 Å². The molecule has 388 valence electrons. The topological polar surface area (TPSA) is 22.9 Å². The van der Waals surface area contributed by atoms with E-state index in [1.54, 1.807) is 0 Å². The zero-order valence-corrected chi connectivity index (χ0v) is 48.4. The van der Waals surface area contributed by atoms with Gasteiger partial charge in [0.15, 0.2) is 5.58 Å². The number of benzene rings is 8. The lowest BCUT2D eigenvalue weighted by Gasteiger charge is -2.47. The minimum atomic E-state index is -0.191. The van der Waals surface area contributed by atoms with Crippen molar-refractivity contribution in [2.24, 2.45) is 0 Å². The van der Waals surface area contributed by atoms with Crippen LogP contribution in [0.1, 0.15) is 155 Å². The van der Waals surface area contributed by atoms with Gasteiger partial charge in [0.05, 0.1) is 5.69 Å². The molecule has 2 aliphatic carbocycles. The number of para-hydroxylation sites is 3. The summed E-state index contributed by atoms with van der Waals surface area (Å²) in [6.45, 7) is 36.2. The fourth-order valence-corrected chi connectivity index (χ4v) is 14.7. The van der Waals surface area contributed by atoms with Crippen molar-refractivity contribution in [3.8, 4) is 0 Å². The Morgan fingerprint density at radius 3 is 1.61 bits per heavy atom. The van der Waals surface area contributed by atoms with Crippen LogP contribution in [0.3, 0.4) is 0 Å². The molecule has 0 N–H and O–H groups in total. The Kier molecular flexibility index (Phi) is 10.6. The molecule has 0 bridgehead atoms. The van der Waals surface area contributed by atoms with Crippen molar-refractivity contribution >= 4 is 96.2 Å². The average molecular weight is 1010 g/mol. The molecular formula is C72H76BN3O. The van der Waals surface area contributed by atoms with Crippen LogP contribution in [0.2, 0.25) is 0 Å². The molecule has 2 aliphatic heterocycles. The molecule has 5 heteroatoms. The van der Waals surface area contributed by atoms with Gasteiger partial charge in [-0.25, -0.2) is 0 Å². The van der Waals surface area contributed by atoms with E-state index in [0.717, 1.165) is 57.8 Å². The Labute approximate surface area is 459 Å². The van der Waals surface area contributed by atoms with Crippen molar-refractivity contribution in [2.45, 2.75) is 156 Å². The molecule has 0 saturated heterocycles. The summed E-state index contributed by atoms with van der Waals surface area (Å²) in [6.07, 6.45) is 3.43. The maximum atomic E-state index is 7.30. The average Bonchev–Trinajstić information content (AvgIpc) is 3.91. The maximum absolute atomic E-state index is 7.30. The van der Waals surface area contributed by atoms with Crippen LogP contribution in [-0.4, -0.2) is 6.71 Å². The molecule has 1 aromatic heterocycles. The quantitative estimate of drug-likeness (QED) is 0.160. The minimum Gasteiger partial charge on any atom is -0.454 e. The third kappa shape index (κ3) is 7.52. The first-order valence-corrected chi connectivity index (χ1v) is 28.5. The summed E-state index contributed by atoms with van der Waals surface area (Å²) in [7, 11) is 0. The highest BCUT2D eigenvalue weighted by molar-refractivity contribution is 7.00. The number of fused-ring (bicyclic) bond motifs is 9. The van der Waals surface area contributed by atoms with Gasteiger partial charge in [-0.2, -0.15) is 0 Å². The van der Waals surface area contributed by atoms with E-state index in [4.69, 9.17) is 4.42 Å². The first-order chi connectivity index (χ1) is 36.3. The van der Waals surface area contributed by atoms with Gasteiger partial charge in [0.1, 0.15) is 5.58 Å². The highest BCUT2D eigenvalue weighted by atomic mass is 16.3. The van der Waals surface area contributed by atoms with Gasteiger partial charge in [0, 0.05) is 56.3 Å². The lowest BCUT2D eigenvalue weighted by molar-refractivity contribution is 0.332. The van der Waals surface area contributed by atoms with Crippen LogP contribution in [0.15, 0.2) is 156 Å². The van der Waals surface area contributed by atoms with Gasteiger partial charge in [-0.05, 0) is 187 Å². The molecule has 13 rings (SSSR count). The highest BCUT2D eigenvalue weighted by Crippen LogP contribution is 2.56. The number of rotatable bonds is 5. The van der Waals surface area contributed by atoms with E-state index in [9.17, 15) is 0 Å². The Hall–Kier alpha value is -6.98. The second kappa shape index (κ2) is 16.5. The van der Waals surface area contributed by atoms with Crippen LogP contribution in [0.4, 0.5) is 51.2 Å². The Morgan fingerprint density at radius 1 is 0.468 bits per heavy atom. The molecule has 4 aliphatic rings. The molecule has 3 heterocycles. The normalized spacial score (nSPS) is 17.5. The van der Waals surface area contributed by atoms with Crippen molar-refractivity contribution in [1.29, 1.82) is 0 Å². The zero-order valence-electron chi connectivity index (χ0n) is 48.4. The van der Waals surface area contributed by atoms with Gasteiger partial charge in [0.25, 0.3) is 6.71 Å². The minimum absolute atomic E-state index is 0.000815.